The zero-order valence-corrected chi connectivity index (χ0v) is 18.7. The second kappa shape index (κ2) is 10.3. The smallest absolute Gasteiger partial charge is 0.227 e. The van der Waals surface area contributed by atoms with Crippen LogP contribution in [0.2, 0.25) is 0 Å². The molecule has 7 heteroatoms. The Morgan fingerprint density at radius 1 is 0.812 bits per heavy atom. The van der Waals surface area contributed by atoms with Crippen LogP contribution in [0.15, 0.2) is 30.3 Å². The van der Waals surface area contributed by atoms with Crippen molar-refractivity contribution in [3.63, 3.8) is 0 Å². The van der Waals surface area contributed by atoms with Gasteiger partial charge in [0.05, 0.1) is 5.92 Å². The summed E-state index contributed by atoms with van der Waals surface area (Å²) >= 11 is 0. The van der Waals surface area contributed by atoms with Crippen LogP contribution in [0.4, 0.5) is 0 Å². The number of Topliss-reactive ketones (excluding diaryl/α,β-unsaturated/α-hetero) is 1. The summed E-state index contributed by atoms with van der Waals surface area (Å²) < 4.78 is 0. The van der Waals surface area contributed by atoms with Crippen LogP contribution in [0.3, 0.4) is 0 Å². The van der Waals surface area contributed by atoms with E-state index >= 15 is 0 Å². The summed E-state index contributed by atoms with van der Waals surface area (Å²) in [6, 6.07) is 9.37. The highest BCUT2D eigenvalue weighted by atomic mass is 16.2. The lowest BCUT2D eigenvalue weighted by atomic mass is 9.88. The maximum Gasteiger partial charge on any atom is 0.227 e. The number of hydrogen-bond donors (Lipinski definition) is 0. The molecule has 3 aliphatic heterocycles. The number of hydrogen-bond acceptors (Lipinski definition) is 4. The van der Waals surface area contributed by atoms with Gasteiger partial charge < -0.3 is 14.7 Å². The normalized spacial score (nSPS) is 22.5. The van der Waals surface area contributed by atoms with E-state index < -0.39 is 0 Å². The van der Waals surface area contributed by atoms with Crippen LogP contribution in [-0.4, -0.2) is 77.5 Å². The Hall–Kier alpha value is -2.70. The third kappa shape index (κ3) is 5.19. The van der Waals surface area contributed by atoms with Crippen molar-refractivity contribution >= 4 is 23.5 Å². The fourth-order valence-corrected chi connectivity index (χ4v) is 5.18. The molecular weight excluding hydrogens is 406 g/mol. The molecule has 3 amide bonds. The van der Waals surface area contributed by atoms with Gasteiger partial charge in [-0.05, 0) is 32.1 Å². The topological polar surface area (TPSA) is 78.0 Å². The van der Waals surface area contributed by atoms with E-state index in [4.69, 9.17) is 0 Å². The Balaban J connectivity index is 1.24. The number of likely N-dealkylation sites (tertiary alicyclic amines) is 3. The van der Waals surface area contributed by atoms with Gasteiger partial charge in [-0.2, -0.15) is 0 Å². The van der Waals surface area contributed by atoms with Crippen molar-refractivity contribution in [1.29, 1.82) is 0 Å². The number of benzene rings is 1. The minimum Gasteiger partial charge on any atom is -0.343 e. The van der Waals surface area contributed by atoms with Gasteiger partial charge in [0, 0.05) is 63.6 Å². The third-order valence-electron chi connectivity index (χ3n) is 7.11. The molecule has 0 spiro atoms. The van der Waals surface area contributed by atoms with Gasteiger partial charge in [-0.25, -0.2) is 0 Å². The molecule has 0 N–H and O–H groups in total. The van der Waals surface area contributed by atoms with Crippen molar-refractivity contribution in [1.82, 2.24) is 14.7 Å². The van der Waals surface area contributed by atoms with E-state index in [1.807, 2.05) is 40.1 Å². The van der Waals surface area contributed by atoms with Crippen LogP contribution in [0.5, 0.6) is 0 Å². The van der Waals surface area contributed by atoms with Crippen LogP contribution in [-0.2, 0) is 14.4 Å². The minimum absolute atomic E-state index is 0.0285. The van der Waals surface area contributed by atoms with Gasteiger partial charge in [0.2, 0.25) is 17.7 Å². The maximum atomic E-state index is 13.1. The number of piperidine rings is 2. The first-order chi connectivity index (χ1) is 15.5. The number of ketones is 1. The van der Waals surface area contributed by atoms with Crippen LogP contribution >= 0.6 is 0 Å². The van der Waals surface area contributed by atoms with Crippen molar-refractivity contribution in [3.8, 4) is 0 Å². The van der Waals surface area contributed by atoms with E-state index in [2.05, 4.69) is 0 Å². The molecule has 0 aromatic heterocycles. The number of nitrogens with zero attached hydrogens (tertiary/aromatic N) is 3. The van der Waals surface area contributed by atoms with Crippen LogP contribution in [0.1, 0.15) is 55.3 Å². The molecule has 0 unspecified atom stereocenters. The van der Waals surface area contributed by atoms with Crippen LogP contribution in [0.25, 0.3) is 0 Å². The summed E-state index contributed by atoms with van der Waals surface area (Å²) in [6.07, 6.45) is 4.70. The Morgan fingerprint density at radius 2 is 1.50 bits per heavy atom. The lowest BCUT2D eigenvalue weighted by molar-refractivity contribution is -0.144. The Kier molecular flexibility index (Phi) is 7.22. The first-order valence-electron chi connectivity index (χ1n) is 12.0. The van der Waals surface area contributed by atoms with Gasteiger partial charge in [0.15, 0.2) is 5.78 Å². The van der Waals surface area contributed by atoms with Gasteiger partial charge in [-0.15, -0.1) is 0 Å². The molecule has 0 bridgehead atoms. The summed E-state index contributed by atoms with van der Waals surface area (Å²) in [6.45, 7) is 3.77. The molecule has 7 nitrogen and oxygen atoms in total. The fraction of sp³-hybridized carbons (Fsp3) is 0.600. The molecule has 0 aliphatic carbocycles. The average molecular weight is 440 g/mol. The summed E-state index contributed by atoms with van der Waals surface area (Å²) in [7, 11) is 0. The molecule has 3 aliphatic rings. The van der Waals surface area contributed by atoms with E-state index in [0.29, 0.717) is 64.8 Å². The zero-order valence-electron chi connectivity index (χ0n) is 18.7. The van der Waals surface area contributed by atoms with Gasteiger partial charge in [0.25, 0.3) is 0 Å². The summed E-state index contributed by atoms with van der Waals surface area (Å²) in [5, 5.41) is 0. The molecule has 3 heterocycles. The largest absolute Gasteiger partial charge is 0.343 e. The van der Waals surface area contributed by atoms with E-state index in [-0.39, 0.29) is 35.3 Å². The lowest BCUT2D eigenvalue weighted by Crippen LogP contribution is -2.49. The zero-order chi connectivity index (χ0) is 22.5. The first-order valence-corrected chi connectivity index (χ1v) is 12.0. The number of amides is 3. The van der Waals surface area contributed by atoms with Crippen molar-refractivity contribution in [2.75, 3.05) is 39.3 Å². The van der Waals surface area contributed by atoms with E-state index in [1.54, 1.807) is 4.90 Å². The number of carbonyl (C=O) groups is 4. The maximum absolute atomic E-state index is 13.1. The molecule has 172 valence electrons. The first kappa shape index (κ1) is 22.5. The highest BCUT2D eigenvalue weighted by molar-refractivity contribution is 5.98. The summed E-state index contributed by atoms with van der Waals surface area (Å²) in [5.74, 6) is 0.402. The predicted molar refractivity (Wildman–Crippen MR) is 120 cm³/mol. The Morgan fingerprint density at radius 3 is 2.19 bits per heavy atom. The van der Waals surface area contributed by atoms with Crippen molar-refractivity contribution in [2.45, 2.75) is 44.9 Å². The minimum atomic E-state index is -0.164. The molecule has 1 atom stereocenters. The molecule has 1 aromatic carbocycles. The predicted octanol–water partition coefficient (Wildman–Crippen LogP) is 2.36. The summed E-state index contributed by atoms with van der Waals surface area (Å²) in [4.78, 5) is 55.5. The lowest BCUT2D eigenvalue weighted by Gasteiger charge is -2.37. The highest BCUT2D eigenvalue weighted by Crippen LogP contribution is 2.26. The molecule has 32 heavy (non-hydrogen) atoms. The van der Waals surface area contributed by atoms with Crippen molar-refractivity contribution in [3.05, 3.63) is 35.9 Å². The molecule has 0 saturated carbocycles. The van der Waals surface area contributed by atoms with E-state index in [1.165, 1.54) is 0 Å². The fourth-order valence-electron chi connectivity index (χ4n) is 5.18. The summed E-state index contributed by atoms with van der Waals surface area (Å²) in [5.41, 5.74) is 0.745. The SMILES string of the molecule is O=C(c1ccccc1)C1CCN(C(=O)[C@@H]2CCC(=O)N(CCCN3CCCC3=O)C2)CC1. The molecule has 1 aromatic rings. The van der Waals surface area contributed by atoms with Crippen LogP contribution in [0, 0.1) is 11.8 Å². The molecule has 4 rings (SSSR count). The number of rotatable bonds is 7. The third-order valence-corrected chi connectivity index (χ3v) is 7.11. The van der Waals surface area contributed by atoms with Gasteiger partial charge >= 0.3 is 0 Å². The number of carbonyl (C=O) groups excluding carboxylic acids is 4. The Bertz CT molecular complexity index is 848. The van der Waals surface area contributed by atoms with E-state index in [0.717, 1.165) is 24.9 Å². The quantitative estimate of drug-likeness (QED) is 0.611. The molecular formula is C25H33N3O4. The standard InChI is InChI=1S/C25H33N3O4/c29-22-8-4-13-26(22)14-5-15-28-18-21(9-10-23(28)30)25(32)27-16-11-20(12-17-27)24(31)19-6-2-1-3-7-19/h1-3,6-7,20-21H,4-5,8-18H2/t21-/m1/s1. The van der Waals surface area contributed by atoms with Crippen molar-refractivity contribution in [2.24, 2.45) is 11.8 Å². The van der Waals surface area contributed by atoms with Crippen LogP contribution < -0.4 is 0 Å². The van der Waals surface area contributed by atoms with E-state index in [9.17, 15) is 19.2 Å². The highest BCUT2D eigenvalue weighted by Gasteiger charge is 2.35. The second-order valence-corrected chi connectivity index (χ2v) is 9.24. The monoisotopic (exact) mass is 439 g/mol. The van der Waals surface area contributed by atoms with Crippen molar-refractivity contribution < 1.29 is 19.2 Å². The van der Waals surface area contributed by atoms with Gasteiger partial charge in [-0.1, -0.05) is 30.3 Å². The second-order valence-electron chi connectivity index (χ2n) is 9.24. The van der Waals surface area contributed by atoms with Gasteiger partial charge in [0.1, 0.15) is 0 Å². The average Bonchev–Trinajstić information content (AvgIpc) is 3.24. The molecule has 0 radical (unpaired) electrons. The molecule has 3 saturated heterocycles. The molecule has 3 fully saturated rings. The van der Waals surface area contributed by atoms with Gasteiger partial charge in [-0.3, -0.25) is 19.2 Å². The Labute approximate surface area is 189 Å².